The Morgan fingerprint density at radius 1 is 1.50 bits per heavy atom. The molecule has 1 unspecified atom stereocenters. The highest BCUT2D eigenvalue weighted by molar-refractivity contribution is 7.16. The lowest BCUT2D eigenvalue weighted by atomic mass is 10.0. The second kappa shape index (κ2) is 6.39. The number of thiazole rings is 1. The molecule has 0 saturated carbocycles. The lowest BCUT2D eigenvalue weighted by Crippen LogP contribution is -2.37. The predicted octanol–water partition coefficient (Wildman–Crippen LogP) is 3.74. The fraction of sp³-hybridized carbons (Fsp3) is 0.600. The zero-order chi connectivity index (χ0) is 14.7. The molecule has 1 aliphatic heterocycles. The third-order valence-electron chi connectivity index (χ3n) is 3.64. The van der Waals surface area contributed by atoms with Gasteiger partial charge in [-0.2, -0.15) is 0 Å². The second-order valence-electron chi connectivity index (χ2n) is 5.61. The van der Waals surface area contributed by atoms with E-state index < -0.39 is 5.97 Å². The number of hydrogen-bond acceptors (Lipinski definition) is 4. The molecule has 2 rings (SSSR count). The highest BCUT2D eigenvalue weighted by Gasteiger charge is 2.23. The predicted molar refractivity (Wildman–Crippen MR) is 83.5 cm³/mol. The van der Waals surface area contributed by atoms with Crippen molar-refractivity contribution in [3.63, 3.8) is 0 Å². The molecule has 4 nitrogen and oxygen atoms in total. The number of carboxylic acids is 1. The zero-order valence-electron chi connectivity index (χ0n) is 12.3. The zero-order valence-corrected chi connectivity index (χ0v) is 13.1. The molecule has 1 aromatic rings. The Morgan fingerprint density at radius 3 is 2.85 bits per heavy atom. The molecule has 2 heterocycles. The number of aromatic nitrogens is 1. The first kappa shape index (κ1) is 15.0. The van der Waals surface area contributed by atoms with Gasteiger partial charge in [0.05, 0.1) is 10.6 Å². The lowest BCUT2D eigenvalue weighted by Gasteiger charge is -2.33. The topological polar surface area (TPSA) is 53.4 Å². The second-order valence-corrected chi connectivity index (χ2v) is 6.62. The summed E-state index contributed by atoms with van der Waals surface area (Å²) >= 11 is 1.60. The largest absolute Gasteiger partial charge is 0.478 e. The number of carboxylic acid groups (broad SMARTS) is 1. The lowest BCUT2D eigenvalue weighted by molar-refractivity contribution is -0.131. The minimum Gasteiger partial charge on any atom is -0.478 e. The standard InChI is InChI=1S/C15H22N2O2S/c1-10(2)14-12(7-8-13(18)19)20-15(16-14)17-9-5-4-6-11(17)3/h7-8,10-11H,4-6,9H2,1-3H3,(H,18,19)/b8-7+. The fourth-order valence-corrected chi connectivity index (χ4v) is 3.77. The van der Waals surface area contributed by atoms with Crippen LogP contribution in [0.2, 0.25) is 0 Å². The van der Waals surface area contributed by atoms with E-state index in [-0.39, 0.29) is 0 Å². The summed E-state index contributed by atoms with van der Waals surface area (Å²) in [4.78, 5) is 18.8. The van der Waals surface area contributed by atoms with Crippen LogP contribution in [0.15, 0.2) is 6.08 Å². The molecular formula is C15H22N2O2S. The maximum atomic E-state index is 10.7. The highest BCUT2D eigenvalue weighted by Crippen LogP contribution is 2.34. The first-order chi connectivity index (χ1) is 9.49. The van der Waals surface area contributed by atoms with Crippen LogP contribution in [0.4, 0.5) is 5.13 Å². The SMILES string of the molecule is CC(C)c1nc(N2CCCCC2C)sc1/C=C/C(=O)O. The van der Waals surface area contributed by atoms with E-state index in [0.717, 1.165) is 22.2 Å². The number of carbonyl (C=O) groups is 1. The van der Waals surface area contributed by atoms with Crippen LogP contribution in [0.3, 0.4) is 0 Å². The number of aliphatic carboxylic acids is 1. The summed E-state index contributed by atoms with van der Waals surface area (Å²) in [5.74, 6) is -0.616. The molecule has 0 aliphatic carbocycles. The van der Waals surface area contributed by atoms with Crippen molar-refractivity contribution in [1.82, 2.24) is 4.98 Å². The smallest absolute Gasteiger partial charge is 0.328 e. The summed E-state index contributed by atoms with van der Waals surface area (Å²) in [6.45, 7) is 7.48. The van der Waals surface area contributed by atoms with E-state index in [2.05, 4.69) is 25.7 Å². The molecule has 0 aromatic carbocycles. The summed E-state index contributed by atoms with van der Waals surface area (Å²) in [7, 11) is 0. The molecule has 1 aliphatic rings. The van der Waals surface area contributed by atoms with Crippen LogP contribution in [0.25, 0.3) is 6.08 Å². The molecule has 1 saturated heterocycles. The van der Waals surface area contributed by atoms with Gasteiger partial charge in [-0.05, 0) is 38.2 Å². The van der Waals surface area contributed by atoms with Crippen molar-refractivity contribution in [2.45, 2.75) is 52.0 Å². The number of piperidine rings is 1. The molecule has 110 valence electrons. The van der Waals surface area contributed by atoms with Gasteiger partial charge in [0.25, 0.3) is 0 Å². The number of nitrogens with zero attached hydrogens (tertiary/aromatic N) is 2. The molecule has 1 atom stereocenters. The van der Waals surface area contributed by atoms with E-state index in [1.54, 1.807) is 17.4 Å². The molecular weight excluding hydrogens is 272 g/mol. The van der Waals surface area contributed by atoms with Crippen molar-refractivity contribution < 1.29 is 9.90 Å². The van der Waals surface area contributed by atoms with E-state index in [0.29, 0.717) is 12.0 Å². The maximum absolute atomic E-state index is 10.7. The third kappa shape index (κ3) is 3.39. The first-order valence-corrected chi connectivity index (χ1v) is 7.99. The monoisotopic (exact) mass is 294 g/mol. The van der Waals surface area contributed by atoms with Crippen LogP contribution in [0, 0.1) is 0 Å². The average molecular weight is 294 g/mol. The Morgan fingerprint density at radius 2 is 2.25 bits per heavy atom. The Hall–Kier alpha value is -1.36. The average Bonchev–Trinajstić information content (AvgIpc) is 2.81. The van der Waals surface area contributed by atoms with Crippen LogP contribution in [0.1, 0.15) is 56.5 Å². The summed E-state index contributed by atoms with van der Waals surface area (Å²) < 4.78 is 0. The quantitative estimate of drug-likeness (QED) is 0.859. The van der Waals surface area contributed by atoms with Gasteiger partial charge in [0.2, 0.25) is 0 Å². The van der Waals surface area contributed by atoms with Gasteiger partial charge >= 0.3 is 5.97 Å². The number of anilines is 1. The maximum Gasteiger partial charge on any atom is 0.328 e. The minimum absolute atomic E-state index is 0.300. The Labute approximate surface area is 124 Å². The Balaban J connectivity index is 2.30. The van der Waals surface area contributed by atoms with Crippen molar-refractivity contribution in [2.75, 3.05) is 11.4 Å². The van der Waals surface area contributed by atoms with E-state index in [1.165, 1.54) is 25.3 Å². The Kier molecular flexibility index (Phi) is 4.81. The molecule has 5 heteroatoms. The summed E-state index contributed by atoms with van der Waals surface area (Å²) in [6.07, 6.45) is 6.57. The van der Waals surface area contributed by atoms with Crippen molar-refractivity contribution in [2.24, 2.45) is 0 Å². The van der Waals surface area contributed by atoms with E-state index in [4.69, 9.17) is 10.1 Å². The normalized spacial score (nSPS) is 20.0. The Bertz CT molecular complexity index is 508. The third-order valence-corrected chi connectivity index (χ3v) is 4.72. The molecule has 0 radical (unpaired) electrons. The van der Waals surface area contributed by atoms with Crippen LogP contribution < -0.4 is 4.90 Å². The molecule has 0 bridgehead atoms. The van der Waals surface area contributed by atoms with Crippen LogP contribution in [0.5, 0.6) is 0 Å². The van der Waals surface area contributed by atoms with Crippen molar-refractivity contribution >= 4 is 28.5 Å². The summed E-state index contributed by atoms with van der Waals surface area (Å²) in [5, 5.41) is 9.82. The van der Waals surface area contributed by atoms with Crippen molar-refractivity contribution in [3.8, 4) is 0 Å². The van der Waals surface area contributed by atoms with Gasteiger partial charge in [-0.15, -0.1) is 0 Å². The molecule has 20 heavy (non-hydrogen) atoms. The molecule has 0 spiro atoms. The summed E-state index contributed by atoms with van der Waals surface area (Å²) in [6, 6.07) is 0.520. The van der Waals surface area contributed by atoms with Gasteiger partial charge in [0.1, 0.15) is 0 Å². The molecule has 1 aromatic heterocycles. The van der Waals surface area contributed by atoms with Gasteiger partial charge in [0, 0.05) is 18.7 Å². The van der Waals surface area contributed by atoms with Crippen LogP contribution in [-0.4, -0.2) is 28.6 Å². The van der Waals surface area contributed by atoms with Gasteiger partial charge < -0.3 is 10.0 Å². The van der Waals surface area contributed by atoms with E-state index in [9.17, 15) is 4.79 Å². The van der Waals surface area contributed by atoms with Crippen LogP contribution >= 0.6 is 11.3 Å². The molecule has 1 fully saturated rings. The highest BCUT2D eigenvalue weighted by atomic mass is 32.1. The number of hydrogen-bond donors (Lipinski definition) is 1. The first-order valence-electron chi connectivity index (χ1n) is 7.17. The number of rotatable bonds is 4. The van der Waals surface area contributed by atoms with Gasteiger partial charge in [-0.1, -0.05) is 25.2 Å². The van der Waals surface area contributed by atoms with Gasteiger partial charge in [0.15, 0.2) is 5.13 Å². The summed E-state index contributed by atoms with van der Waals surface area (Å²) in [5.41, 5.74) is 1.00. The van der Waals surface area contributed by atoms with Crippen molar-refractivity contribution in [3.05, 3.63) is 16.6 Å². The van der Waals surface area contributed by atoms with Gasteiger partial charge in [-0.25, -0.2) is 9.78 Å². The van der Waals surface area contributed by atoms with Crippen molar-refractivity contribution in [1.29, 1.82) is 0 Å². The van der Waals surface area contributed by atoms with Gasteiger partial charge in [-0.3, -0.25) is 0 Å². The fourth-order valence-electron chi connectivity index (χ4n) is 2.52. The molecule has 1 N–H and O–H groups in total. The van der Waals surface area contributed by atoms with Crippen LogP contribution in [-0.2, 0) is 4.79 Å². The molecule has 0 amide bonds. The minimum atomic E-state index is -0.916. The van der Waals surface area contributed by atoms with E-state index >= 15 is 0 Å². The van der Waals surface area contributed by atoms with E-state index in [1.807, 2.05) is 0 Å².